The van der Waals surface area contributed by atoms with Crippen LogP contribution in [0, 0.1) is 0 Å². The summed E-state index contributed by atoms with van der Waals surface area (Å²) < 4.78 is 39.8. The second-order valence-electron chi connectivity index (χ2n) is 9.97. The van der Waals surface area contributed by atoms with Gasteiger partial charge in [0.2, 0.25) is 10.0 Å². The predicted molar refractivity (Wildman–Crippen MR) is 175 cm³/mol. The van der Waals surface area contributed by atoms with Crippen LogP contribution in [0.4, 0.5) is 5.69 Å². The lowest BCUT2D eigenvalue weighted by atomic mass is 10.2. The third kappa shape index (κ3) is 8.91. The smallest absolute Gasteiger partial charge is 0.329 e. The molecule has 4 aromatic carbocycles. The summed E-state index contributed by atoms with van der Waals surface area (Å²) in [4.78, 5) is 24.8. The Morgan fingerprint density at radius 2 is 1.46 bits per heavy atom. The van der Waals surface area contributed by atoms with Gasteiger partial charge in [-0.3, -0.25) is 9.59 Å². The number of carbonyl (C=O) groups is 2. The Bertz CT molecular complexity index is 1900. The van der Waals surface area contributed by atoms with Gasteiger partial charge in [-0.25, -0.2) is 13.8 Å². The normalized spacial score (nSPS) is 11.4. The van der Waals surface area contributed by atoms with Gasteiger partial charge in [0.05, 0.1) is 17.7 Å². The van der Waals surface area contributed by atoms with E-state index in [1.54, 1.807) is 78.9 Å². The average molecular weight is 657 g/mol. The summed E-state index contributed by atoms with van der Waals surface area (Å²) in [6.07, 6.45) is 1.21. The predicted octanol–water partition coefficient (Wildman–Crippen LogP) is 5.99. The lowest BCUT2D eigenvalue weighted by Gasteiger charge is -2.21. The summed E-state index contributed by atoms with van der Waals surface area (Å²) in [6, 6.07) is 34.5. The number of nitrogens with zero attached hydrogens (tertiary/aromatic N) is 2. The maximum absolute atomic E-state index is 13.5. The van der Waals surface area contributed by atoms with Crippen molar-refractivity contribution in [3.05, 3.63) is 149 Å². The molecule has 0 atom stereocenters. The zero-order valence-electron chi connectivity index (χ0n) is 24.4. The van der Waals surface area contributed by atoms with Gasteiger partial charge in [-0.2, -0.15) is 9.41 Å². The van der Waals surface area contributed by atoms with Crippen LogP contribution >= 0.6 is 11.6 Å². The van der Waals surface area contributed by atoms with Crippen LogP contribution in [0.2, 0.25) is 5.02 Å². The van der Waals surface area contributed by atoms with E-state index in [2.05, 4.69) is 15.8 Å². The van der Waals surface area contributed by atoms with Crippen LogP contribution in [0.25, 0.3) is 0 Å². The molecule has 1 heterocycles. The Morgan fingerprint density at radius 3 is 2.15 bits per heavy atom. The quantitative estimate of drug-likeness (QED) is 0.0964. The fourth-order valence-corrected chi connectivity index (χ4v) is 5.79. The summed E-state index contributed by atoms with van der Waals surface area (Å²) in [5, 5.41) is 6.83. The highest BCUT2D eigenvalue weighted by molar-refractivity contribution is 7.89. The average Bonchev–Trinajstić information content (AvgIpc) is 3.53. The van der Waals surface area contributed by atoms with Crippen molar-refractivity contribution in [1.29, 1.82) is 0 Å². The number of benzene rings is 4. The minimum Gasteiger partial charge on any atom is -0.489 e. The van der Waals surface area contributed by atoms with Crippen molar-refractivity contribution in [2.45, 2.75) is 24.6 Å². The van der Waals surface area contributed by atoms with Crippen molar-refractivity contribution in [2.75, 3.05) is 5.32 Å². The highest BCUT2D eigenvalue weighted by Crippen LogP contribution is 2.23. The van der Waals surface area contributed by atoms with Crippen LogP contribution in [0.15, 0.2) is 136 Å². The second-order valence-corrected chi connectivity index (χ2v) is 12.3. The number of hydrogen-bond acceptors (Lipinski definition) is 7. The maximum atomic E-state index is 13.5. The molecule has 0 spiro atoms. The molecule has 1 aromatic heterocycles. The van der Waals surface area contributed by atoms with E-state index in [-0.39, 0.29) is 23.7 Å². The fourth-order valence-electron chi connectivity index (χ4n) is 4.25. The molecule has 0 aliphatic heterocycles. The van der Waals surface area contributed by atoms with Gasteiger partial charge < -0.3 is 14.5 Å². The molecule has 0 saturated carbocycles. The Labute approximate surface area is 271 Å². The Hall–Kier alpha value is -5.23. The summed E-state index contributed by atoms with van der Waals surface area (Å²) in [5.74, 6) is -0.713. The molecule has 12 heteroatoms. The van der Waals surface area contributed by atoms with Crippen molar-refractivity contribution >= 4 is 45.3 Å². The molecular formula is C34H29ClN4O6S. The molecule has 2 N–H and O–H groups in total. The number of hydrazone groups is 1. The number of carbonyl (C=O) groups excluding carboxylic acids is 2. The van der Waals surface area contributed by atoms with Crippen LogP contribution in [0.3, 0.4) is 0 Å². The molecule has 0 bridgehead atoms. The van der Waals surface area contributed by atoms with E-state index in [1.165, 1.54) is 22.7 Å². The van der Waals surface area contributed by atoms with E-state index in [9.17, 15) is 18.0 Å². The molecule has 2 amide bonds. The maximum Gasteiger partial charge on any atom is 0.329 e. The molecule has 10 nitrogen and oxygen atoms in total. The first-order chi connectivity index (χ1) is 22.3. The first-order valence-electron chi connectivity index (χ1n) is 14.1. The number of ether oxygens (including phenoxy) is 1. The number of hydrogen-bond donors (Lipinski definition) is 2. The monoisotopic (exact) mass is 656 g/mol. The molecule has 234 valence electrons. The minimum atomic E-state index is -3.88. The Morgan fingerprint density at radius 1 is 0.783 bits per heavy atom. The third-order valence-electron chi connectivity index (χ3n) is 6.59. The van der Waals surface area contributed by atoms with Crippen molar-refractivity contribution in [3.8, 4) is 5.75 Å². The van der Waals surface area contributed by atoms with Gasteiger partial charge >= 0.3 is 11.8 Å². The largest absolute Gasteiger partial charge is 0.489 e. The van der Waals surface area contributed by atoms with Gasteiger partial charge in [0.15, 0.2) is 0 Å². The van der Waals surface area contributed by atoms with Crippen LogP contribution in [0.1, 0.15) is 22.6 Å². The zero-order valence-corrected chi connectivity index (χ0v) is 25.9. The minimum absolute atomic E-state index is 0.0709. The lowest BCUT2D eigenvalue weighted by molar-refractivity contribution is -0.136. The molecule has 5 aromatic rings. The van der Waals surface area contributed by atoms with Gasteiger partial charge in [-0.1, -0.05) is 72.3 Å². The van der Waals surface area contributed by atoms with Gasteiger partial charge in [-0.15, -0.1) is 0 Å². The summed E-state index contributed by atoms with van der Waals surface area (Å²) in [5.41, 5.74) is 4.32. The summed E-state index contributed by atoms with van der Waals surface area (Å²) >= 11 is 6.00. The number of anilines is 1. The molecular weight excluding hydrogens is 628 g/mol. The summed E-state index contributed by atoms with van der Waals surface area (Å²) in [6.45, 7) is 0.407. The van der Waals surface area contributed by atoms with Crippen molar-refractivity contribution in [3.63, 3.8) is 0 Å². The Kier molecular flexibility index (Phi) is 10.6. The van der Waals surface area contributed by atoms with Crippen LogP contribution < -0.4 is 15.5 Å². The number of rotatable bonds is 12. The van der Waals surface area contributed by atoms with E-state index >= 15 is 0 Å². The van der Waals surface area contributed by atoms with Crippen LogP contribution in [0.5, 0.6) is 5.75 Å². The number of amides is 2. The highest BCUT2D eigenvalue weighted by atomic mass is 35.5. The van der Waals surface area contributed by atoms with E-state index in [1.807, 2.05) is 30.3 Å². The van der Waals surface area contributed by atoms with E-state index < -0.39 is 21.8 Å². The first-order valence-corrected chi connectivity index (χ1v) is 15.9. The lowest BCUT2D eigenvalue weighted by Crippen LogP contribution is -2.32. The number of furan rings is 1. The van der Waals surface area contributed by atoms with E-state index in [4.69, 9.17) is 20.8 Å². The fraction of sp³-hybridized carbons (Fsp3) is 0.0882. The molecule has 0 aliphatic rings. The van der Waals surface area contributed by atoms with Gasteiger partial charge in [0.25, 0.3) is 0 Å². The van der Waals surface area contributed by atoms with Gasteiger partial charge in [0, 0.05) is 17.3 Å². The number of sulfonamides is 1. The van der Waals surface area contributed by atoms with Crippen molar-refractivity contribution in [2.24, 2.45) is 5.10 Å². The molecule has 0 fully saturated rings. The highest BCUT2D eigenvalue weighted by Gasteiger charge is 2.26. The summed E-state index contributed by atoms with van der Waals surface area (Å²) in [7, 11) is -3.88. The molecule has 5 rings (SSSR count). The number of halogens is 1. The molecule has 0 aliphatic carbocycles. The first kappa shape index (κ1) is 32.2. The molecule has 0 unspecified atom stereocenters. The third-order valence-corrected chi connectivity index (χ3v) is 8.65. The van der Waals surface area contributed by atoms with Gasteiger partial charge in [-0.05, 0) is 71.8 Å². The van der Waals surface area contributed by atoms with Crippen molar-refractivity contribution < 1.29 is 27.2 Å². The molecule has 0 radical (unpaired) electrons. The standard InChI is InChI=1S/C34H29ClN4O6S/c35-27-13-11-25(12-14-27)22-39(46(42,43)32-9-5-2-6-10-32)23-31-20-19-30(45-31)21-36-38-34(41)33(40)37-28-15-17-29(18-16-28)44-24-26-7-3-1-4-8-26/h1-21H,22-24H2,(H,37,40)(H,38,41)/b36-21+. The Balaban J connectivity index is 1.16. The second kappa shape index (κ2) is 15.2. The van der Waals surface area contributed by atoms with Crippen LogP contribution in [-0.4, -0.2) is 30.8 Å². The van der Waals surface area contributed by atoms with E-state index in [0.29, 0.717) is 28.8 Å². The molecule has 0 saturated heterocycles. The van der Waals surface area contributed by atoms with Crippen molar-refractivity contribution in [1.82, 2.24) is 9.73 Å². The number of nitrogens with one attached hydrogen (secondary N) is 2. The van der Waals surface area contributed by atoms with Crippen LogP contribution in [-0.2, 0) is 39.3 Å². The van der Waals surface area contributed by atoms with E-state index in [0.717, 1.165) is 11.1 Å². The molecule has 46 heavy (non-hydrogen) atoms. The topological polar surface area (TPSA) is 130 Å². The van der Waals surface area contributed by atoms with Gasteiger partial charge in [0.1, 0.15) is 23.9 Å². The zero-order chi connectivity index (χ0) is 32.4. The SMILES string of the molecule is O=C(N/N=C/c1ccc(CN(Cc2ccc(Cl)cc2)S(=O)(=O)c2ccccc2)o1)C(=O)Nc1ccc(OCc2ccccc2)cc1.